The Morgan fingerprint density at radius 1 is 1.11 bits per heavy atom. The Balaban J connectivity index is 1.60. The number of imidazole rings is 1. The zero-order valence-corrected chi connectivity index (χ0v) is 15.9. The van der Waals surface area contributed by atoms with Crippen molar-refractivity contribution >= 4 is 17.6 Å². The molecule has 140 valence electrons. The minimum atomic E-state index is 0.403. The number of benzene rings is 1. The van der Waals surface area contributed by atoms with Gasteiger partial charge in [0.1, 0.15) is 5.69 Å². The Hall–Kier alpha value is -2.73. The van der Waals surface area contributed by atoms with E-state index in [0.717, 1.165) is 49.4 Å². The van der Waals surface area contributed by atoms with E-state index in [0.29, 0.717) is 5.69 Å². The summed E-state index contributed by atoms with van der Waals surface area (Å²) in [5.41, 5.74) is 5.65. The molecule has 0 bridgehead atoms. The predicted molar refractivity (Wildman–Crippen MR) is 107 cm³/mol. The molecule has 1 saturated heterocycles. The van der Waals surface area contributed by atoms with Gasteiger partial charge in [-0.05, 0) is 49.7 Å². The Morgan fingerprint density at radius 3 is 2.63 bits per heavy atom. The van der Waals surface area contributed by atoms with Crippen molar-refractivity contribution in [1.82, 2.24) is 19.5 Å². The van der Waals surface area contributed by atoms with Crippen LogP contribution in [0.2, 0.25) is 0 Å². The van der Waals surface area contributed by atoms with E-state index in [1.807, 2.05) is 12.3 Å². The average Bonchev–Trinajstić information content (AvgIpc) is 3.12. The smallest absolute Gasteiger partial charge is 0.170 e. The number of piperazine rings is 1. The van der Waals surface area contributed by atoms with E-state index in [1.165, 1.54) is 24.2 Å². The van der Waals surface area contributed by atoms with Gasteiger partial charge in [0.05, 0.1) is 11.9 Å². The molecule has 3 heterocycles. The number of hydrogen-bond acceptors (Lipinski definition) is 5. The van der Waals surface area contributed by atoms with Gasteiger partial charge in [0.25, 0.3) is 0 Å². The summed E-state index contributed by atoms with van der Waals surface area (Å²) in [6, 6.07) is 10.0. The molecule has 0 saturated carbocycles. The summed E-state index contributed by atoms with van der Waals surface area (Å²) in [5, 5.41) is 4.37. The summed E-state index contributed by atoms with van der Waals surface area (Å²) in [6.07, 6.45) is 3.79. The number of aromatic nitrogens is 3. The molecule has 3 aromatic rings. The molecule has 0 unspecified atom stereocenters. The van der Waals surface area contributed by atoms with Crippen molar-refractivity contribution in [2.75, 3.05) is 37.6 Å². The van der Waals surface area contributed by atoms with Gasteiger partial charge in [-0.1, -0.05) is 13.0 Å². The van der Waals surface area contributed by atoms with Crippen molar-refractivity contribution in [1.29, 1.82) is 0 Å². The average molecular weight is 363 g/mol. The third-order valence-electron chi connectivity index (χ3n) is 5.25. The molecule has 0 amide bonds. The largest absolute Gasteiger partial charge is 0.369 e. The monoisotopic (exact) mass is 363 g/mol. The molecule has 6 heteroatoms. The zero-order chi connectivity index (χ0) is 18.8. The third-order valence-corrected chi connectivity index (χ3v) is 5.25. The maximum Gasteiger partial charge on any atom is 0.170 e. The zero-order valence-electron chi connectivity index (χ0n) is 15.9. The van der Waals surface area contributed by atoms with Crippen LogP contribution in [0.5, 0.6) is 0 Å². The van der Waals surface area contributed by atoms with Crippen molar-refractivity contribution in [3.63, 3.8) is 0 Å². The third kappa shape index (κ3) is 3.45. The Kier molecular flexibility index (Phi) is 4.90. The summed E-state index contributed by atoms with van der Waals surface area (Å²) in [5.74, 6) is 0. The van der Waals surface area contributed by atoms with Crippen molar-refractivity contribution in [3.8, 4) is 11.3 Å². The number of aryl methyl sites for hydroxylation is 1. The minimum absolute atomic E-state index is 0.403. The van der Waals surface area contributed by atoms with Crippen molar-refractivity contribution < 1.29 is 4.79 Å². The van der Waals surface area contributed by atoms with Gasteiger partial charge in [-0.15, -0.1) is 0 Å². The van der Waals surface area contributed by atoms with Crippen LogP contribution in [0.1, 0.15) is 29.4 Å². The van der Waals surface area contributed by atoms with Crippen LogP contribution >= 0.6 is 0 Å². The van der Waals surface area contributed by atoms with Gasteiger partial charge in [-0.2, -0.15) is 5.10 Å². The highest BCUT2D eigenvalue weighted by Crippen LogP contribution is 2.28. The number of nitrogens with zero attached hydrogens (tertiary/aromatic N) is 5. The fourth-order valence-corrected chi connectivity index (χ4v) is 3.85. The van der Waals surface area contributed by atoms with E-state index in [2.05, 4.69) is 51.9 Å². The lowest BCUT2D eigenvalue weighted by atomic mass is 10.1. The summed E-state index contributed by atoms with van der Waals surface area (Å²) < 4.78 is 1.74. The van der Waals surface area contributed by atoms with Crippen molar-refractivity contribution in [3.05, 3.63) is 47.8 Å². The summed E-state index contributed by atoms with van der Waals surface area (Å²) >= 11 is 0. The topological polar surface area (TPSA) is 53.7 Å². The normalized spacial score (nSPS) is 15.4. The summed E-state index contributed by atoms with van der Waals surface area (Å²) in [4.78, 5) is 20.5. The Labute approximate surface area is 159 Å². The molecule has 0 spiro atoms. The first-order valence-electron chi connectivity index (χ1n) is 9.58. The van der Waals surface area contributed by atoms with Crippen LogP contribution < -0.4 is 4.90 Å². The van der Waals surface area contributed by atoms with E-state index < -0.39 is 0 Å². The van der Waals surface area contributed by atoms with Crippen LogP contribution in [0.25, 0.3) is 16.9 Å². The number of carbonyl (C=O) groups excluding carboxylic acids is 1. The maximum absolute atomic E-state index is 11.1. The molecule has 0 aliphatic carbocycles. The molecule has 4 rings (SSSR count). The molecular weight excluding hydrogens is 338 g/mol. The SMILES string of the molecule is CCCN1CCN(c2ccc(-c3cnc4ccc(C=O)nn34)cc2C)CC1. The fourth-order valence-electron chi connectivity index (χ4n) is 3.85. The van der Waals surface area contributed by atoms with E-state index in [4.69, 9.17) is 0 Å². The van der Waals surface area contributed by atoms with E-state index in [9.17, 15) is 4.79 Å². The first kappa shape index (κ1) is 17.7. The molecule has 0 atom stereocenters. The van der Waals surface area contributed by atoms with Gasteiger partial charge in [-0.3, -0.25) is 9.69 Å². The Morgan fingerprint density at radius 2 is 1.93 bits per heavy atom. The second kappa shape index (κ2) is 7.48. The van der Waals surface area contributed by atoms with Crippen LogP contribution in [0.15, 0.2) is 36.5 Å². The van der Waals surface area contributed by atoms with Crippen molar-refractivity contribution in [2.45, 2.75) is 20.3 Å². The van der Waals surface area contributed by atoms with E-state index in [1.54, 1.807) is 10.6 Å². The lowest BCUT2D eigenvalue weighted by molar-refractivity contribution is 0.111. The lowest BCUT2D eigenvalue weighted by Crippen LogP contribution is -2.46. The highest BCUT2D eigenvalue weighted by Gasteiger charge is 2.18. The van der Waals surface area contributed by atoms with Gasteiger partial charge >= 0.3 is 0 Å². The highest BCUT2D eigenvalue weighted by atomic mass is 16.1. The lowest BCUT2D eigenvalue weighted by Gasteiger charge is -2.36. The molecule has 0 radical (unpaired) electrons. The first-order chi connectivity index (χ1) is 13.2. The minimum Gasteiger partial charge on any atom is -0.369 e. The molecule has 1 aliphatic heterocycles. The first-order valence-corrected chi connectivity index (χ1v) is 9.58. The second-order valence-electron chi connectivity index (χ2n) is 7.12. The molecule has 2 aromatic heterocycles. The van der Waals surface area contributed by atoms with Crippen LogP contribution in [0.4, 0.5) is 5.69 Å². The van der Waals surface area contributed by atoms with Gasteiger partial charge in [0, 0.05) is 37.4 Å². The van der Waals surface area contributed by atoms with Crippen LogP contribution in [0.3, 0.4) is 0 Å². The maximum atomic E-state index is 11.1. The predicted octanol–water partition coefficient (Wildman–Crippen LogP) is 3.05. The van der Waals surface area contributed by atoms with E-state index >= 15 is 0 Å². The van der Waals surface area contributed by atoms with Crippen molar-refractivity contribution in [2.24, 2.45) is 0 Å². The molecule has 1 aliphatic rings. The molecule has 6 nitrogen and oxygen atoms in total. The summed E-state index contributed by atoms with van der Waals surface area (Å²) in [6.45, 7) is 9.98. The number of rotatable bonds is 5. The molecule has 27 heavy (non-hydrogen) atoms. The van der Waals surface area contributed by atoms with Gasteiger partial charge in [-0.25, -0.2) is 9.50 Å². The number of fused-ring (bicyclic) bond motifs is 1. The molecular formula is C21H25N5O. The number of hydrogen-bond donors (Lipinski definition) is 0. The quantitative estimate of drug-likeness (QED) is 0.652. The number of carbonyl (C=O) groups is 1. The van der Waals surface area contributed by atoms with Gasteiger partial charge in [0.15, 0.2) is 11.9 Å². The fraction of sp³-hybridized carbons (Fsp3) is 0.381. The highest BCUT2D eigenvalue weighted by molar-refractivity contribution is 5.73. The second-order valence-corrected chi connectivity index (χ2v) is 7.12. The molecule has 1 fully saturated rings. The molecule has 1 aromatic carbocycles. The Bertz CT molecular complexity index is 956. The van der Waals surface area contributed by atoms with Crippen LogP contribution in [-0.4, -0.2) is 58.5 Å². The van der Waals surface area contributed by atoms with Gasteiger partial charge in [0.2, 0.25) is 0 Å². The molecule has 0 N–H and O–H groups in total. The summed E-state index contributed by atoms with van der Waals surface area (Å²) in [7, 11) is 0. The standard InChI is InChI=1S/C21H25N5O/c1-3-8-24-9-11-25(12-10-24)19-6-4-17(13-16(19)2)20-14-22-21-7-5-18(15-27)23-26(20)21/h4-7,13-15H,3,8-12H2,1-2H3. The number of anilines is 1. The van der Waals surface area contributed by atoms with Crippen LogP contribution in [0, 0.1) is 6.92 Å². The van der Waals surface area contributed by atoms with E-state index in [-0.39, 0.29) is 0 Å². The van der Waals surface area contributed by atoms with Crippen LogP contribution in [-0.2, 0) is 0 Å². The van der Waals surface area contributed by atoms with Gasteiger partial charge < -0.3 is 4.90 Å². The number of aldehydes is 1.